The molecule has 1 aromatic rings. The second kappa shape index (κ2) is 6.53. The number of amides is 1. The van der Waals surface area contributed by atoms with E-state index in [1.807, 2.05) is 6.92 Å². The minimum Gasteiger partial charge on any atom is -0.501 e. The summed E-state index contributed by atoms with van der Waals surface area (Å²) in [5, 5.41) is 23.1. The summed E-state index contributed by atoms with van der Waals surface area (Å²) in [4.78, 5) is 23.8. The van der Waals surface area contributed by atoms with E-state index in [1.165, 1.54) is 6.07 Å². The van der Waals surface area contributed by atoms with Crippen molar-refractivity contribution >= 4 is 28.9 Å². The summed E-state index contributed by atoms with van der Waals surface area (Å²) in [5.41, 5.74) is -0.625. The average molecular weight is 302 g/mol. The Hall–Kier alpha value is -1.86. The normalized spacial score (nSPS) is 12.2. The molecule has 20 heavy (non-hydrogen) atoms. The summed E-state index contributed by atoms with van der Waals surface area (Å²) in [5.74, 6) is -0.981. The number of hydrogen-bond acceptors (Lipinski definition) is 5. The maximum atomic E-state index is 12.1. The number of benzene rings is 1. The molecule has 0 spiro atoms. The molecule has 7 nitrogen and oxygen atoms in total. The second-order valence-electron chi connectivity index (χ2n) is 4.46. The van der Waals surface area contributed by atoms with Gasteiger partial charge in [0.2, 0.25) is 11.7 Å². The van der Waals surface area contributed by atoms with Crippen LogP contribution < -0.4 is 5.32 Å². The molecule has 0 aromatic heterocycles. The highest BCUT2D eigenvalue weighted by Gasteiger charge is 2.23. The van der Waals surface area contributed by atoms with E-state index in [0.717, 1.165) is 6.07 Å². The molecule has 0 bridgehead atoms. The molecule has 0 fully saturated rings. The van der Waals surface area contributed by atoms with E-state index in [0.29, 0.717) is 6.42 Å². The Kier molecular flexibility index (Phi) is 5.29. The molecule has 0 heterocycles. The van der Waals surface area contributed by atoms with Gasteiger partial charge in [0.15, 0.2) is 0 Å². The van der Waals surface area contributed by atoms with E-state index >= 15 is 0 Å². The quantitative estimate of drug-likeness (QED) is 0.494. The van der Waals surface area contributed by atoms with Crippen molar-refractivity contribution in [3.05, 3.63) is 27.3 Å². The zero-order valence-corrected chi connectivity index (χ0v) is 12.1. The van der Waals surface area contributed by atoms with Gasteiger partial charge in [-0.05, 0) is 26.6 Å². The van der Waals surface area contributed by atoms with Crippen molar-refractivity contribution in [3.63, 3.8) is 0 Å². The fraction of sp³-hybridized carbons (Fsp3) is 0.417. The highest BCUT2D eigenvalue weighted by Crippen LogP contribution is 2.37. The molecule has 0 unspecified atom stereocenters. The SMILES string of the molecule is CC[C@H](C(=O)Nc1cc(Cl)cc([N+](=O)[O-])c1O)N(C)C. The molecular formula is C12H16ClN3O4. The number of likely N-dealkylation sites (N-methyl/N-ethyl adjacent to an activating group) is 1. The maximum Gasteiger partial charge on any atom is 0.314 e. The van der Waals surface area contributed by atoms with Crippen LogP contribution in [0.5, 0.6) is 5.75 Å². The molecule has 0 aliphatic heterocycles. The zero-order valence-electron chi connectivity index (χ0n) is 11.4. The topological polar surface area (TPSA) is 95.7 Å². The van der Waals surface area contributed by atoms with Gasteiger partial charge in [0.05, 0.1) is 16.7 Å². The van der Waals surface area contributed by atoms with E-state index in [-0.39, 0.29) is 16.6 Å². The van der Waals surface area contributed by atoms with Gasteiger partial charge >= 0.3 is 5.69 Å². The molecule has 0 aliphatic rings. The van der Waals surface area contributed by atoms with Crippen molar-refractivity contribution in [1.82, 2.24) is 4.90 Å². The number of rotatable bonds is 5. The van der Waals surface area contributed by atoms with Crippen LogP contribution in [0.4, 0.5) is 11.4 Å². The predicted molar refractivity (Wildman–Crippen MR) is 76.2 cm³/mol. The number of carbonyl (C=O) groups excluding carboxylic acids is 1. The van der Waals surface area contributed by atoms with Crippen molar-refractivity contribution in [2.75, 3.05) is 19.4 Å². The van der Waals surface area contributed by atoms with Gasteiger partial charge in [-0.2, -0.15) is 0 Å². The third-order valence-corrected chi connectivity index (χ3v) is 3.04. The molecule has 1 rings (SSSR count). The van der Waals surface area contributed by atoms with Crippen LogP contribution in [0.2, 0.25) is 5.02 Å². The Balaban J connectivity index is 3.09. The molecule has 1 amide bonds. The van der Waals surface area contributed by atoms with Crippen LogP contribution in [0.25, 0.3) is 0 Å². The number of carbonyl (C=O) groups is 1. The van der Waals surface area contributed by atoms with Crippen molar-refractivity contribution in [2.45, 2.75) is 19.4 Å². The number of anilines is 1. The van der Waals surface area contributed by atoms with Crippen LogP contribution in [0.1, 0.15) is 13.3 Å². The fourth-order valence-electron chi connectivity index (χ4n) is 1.82. The molecular weight excluding hydrogens is 286 g/mol. The molecule has 8 heteroatoms. The Morgan fingerprint density at radius 3 is 2.60 bits per heavy atom. The maximum absolute atomic E-state index is 12.1. The third kappa shape index (κ3) is 3.58. The zero-order chi connectivity index (χ0) is 15.4. The molecule has 2 N–H and O–H groups in total. The van der Waals surface area contributed by atoms with Crippen LogP contribution in [0.3, 0.4) is 0 Å². The Labute approximate surface area is 121 Å². The Bertz CT molecular complexity index is 534. The lowest BCUT2D eigenvalue weighted by Crippen LogP contribution is -2.39. The number of nitro groups is 1. The largest absolute Gasteiger partial charge is 0.501 e. The van der Waals surface area contributed by atoms with Gasteiger partial charge in [0.1, 0.15) is 0 Å². The van der Waals surface area contributed by atoms with E-state index < -0.39 is 22.4 Å². The standard InChI is InChI=1S/C12H16ClN3O4/c1-4-9(15(2)3)12(18)14-8-5-7(13)6-10(11(8)17)16(19)20/h5-6,9,17H,4H2,1-3H3,(H,14,18)/t9-/m1/s1. The van der Waals surface area contributed by atoms with E-state index in [4.69, 9.17) is 11.6 Å². The predicted octanol–water partition coefficient (Wildman–Crippen LogP) is 2.23. The van der Waals surface area contributed by atoms with Crippen molar-refractivity contribution in [2.24, 2.45) is 0 Å². The van der Waals surface area contributed by atoms with Crippen LogP contribution in [-0.4, -0.2) is 41.0 Å². The molecule has 1 atom stereocenters. The number of aromatic hydroxyl groups is 1. The number of phenols is 1. The summed E-state index contributed by atoms with van der Waals surface area (Å²) in [6, 6.07) is 1.88. The van der Waals surface area contributed by atoms with Crippen molar-refractivity contribution in [1.29, 1.82) is 0 Å². The van der Waals surface area contributed by atoms with Crippen LogP contribution in [-0.2, 0) is 4.79 Å². The van der Waals surface area contributed by atoms with E-state index in [9.17, 15) is 20.0 Å². The lowest BCUT2D eigenvalue weighted by molar-refractivity contribution is -0.385. The van der Waals surface area contributed by atoms with Gasteiger partial charge in [-0.15, -0.1) is 0 Å². The molecule has 0 saturated carbocycles. The van der Waals surface area contributed by atoms with Gasteiger partial charge in [-0.3, -0.25) is 19.8 Å². The minimum absolute atomic E-state index is 0.0581. The molecule has 0 saturated heterocycles. The van der Waals surface area contributed by atoms with Gasteiger partial charge < -0.3 is 10.4 Å². The summed E-state index contributed by atoms with van der Waals surface area (Å²) in [6.45, 7) is 1.84. The van der Waals surface area contributed by atoms with Crippen LogP contribution in [0, 0.1) is 10.1 Å². The highest BCUT2D eigenvalue weighted by molar-refractivity contribution is 6.31. The number of phenolic OH excluding ortho intramolecular Hbond substituents is 1. The van der Waals surface area contributed by atoms with Gasteiger partial charge in [0.25, 0.3) is 0 Å². The highest BCUT2D eigenvalue weighted by atomic mass is 35.5. The first kappa shape index (κ1) is 16.2. The van der Waals surface area contributed by atoms with Crippen LogP contribution in [0.15, 0.2) is 12.1 Å². The van der Waals surface area contributed by atoms with E-state index in [1.54, 1.807) is 19.0 Å². The molecule has 1 aromatic carbocycles. The third-order valence-electron chi connectivity index (χ3n) is 2.82. The second-order valence-corrected chi connectivity index (χ2v) is 4.89. The first-order chi connectivity index (χ1) is 9.27. The summed E-state index contributed by atoms with van der Waals surface area (Å²) in [6.07, 6.45) is 0.558. The smallest absolute Gasteiger partial charge is 0.314 e. The van der Waals surface area contributed by atoms with Gasteiger partial charge in [0, 0.05) is 11.1 Å². The number of hydrogen-bond donors (Lipinski definition) is 2. The van der Waals surface area contributed by atoms with Crippen molar-refractivity contribution < 1.29 is 14.8 Å². The van der Waals surface area contributed by atoms with Gasteiger partial charge in [-0.1, -0.05) is 18.5 Å². The average Bonchev–Trinajstić information content (AvgIpc) is 2.33. The first-order valence-electron chi connectivity index (χ1n) is 5.92. The lowest BCUT2D eigenvalue weighted by atomic mass is 10.2. The molecule has 110 valence electrons. The van der Waals surface area contributed by atoms with E-state index in [2.05, 4.69) is 5.32 Å². The van der Waals surface area contributed by atoms with Crippen molar-refractivity contribution in [3.8, 4) is 5.75 Å². The monoisotopic (exact) mass is 301 g/mol. The Morgan fingerprint density at radius 2 is 2.15 bits per heavy atom. The summed E-state index contributed by atoms with van der Waals surface area (Å²) in [7, 11) is 3.49. The Morgan fingerprint density at radius 1 is 1.55 bits per heavy atom. The number of nitrogens with one attached hydrogen (secondary N) is 1. The number of nitrogens with zero attached hydrogens (tertiary/aromatic N) is 2. The fourth-order valence-corrected chi connectivity index (χ4v) is 2.03. The van der Waals surface area contributed by atoms with Gasteiger partial charge in [-0.25, -0.2) is 0 Å². The summed E-state index contributed by atoms with van der Waals surface area (Å²) >= 11 is 5.75. The minimum atomic E-state index is -0.764. The summed E-state index contributed by atoms with van der Waals surface area (Å²) < 4.78 is 0. The number of halogens is 1. The molecule has 0 radical (unpaired) electrons. The van der Waals surface area contributed by atoms with Crippen LogP contribution >= 0.6 is 11.6 Å². The first-order valence-corrected chi connectivity index (χ1v) is 6.29. The molecule has 0 aliphatic carbocycles. The number of nitro benzene ring substituents is 1. The lowest BCUT2D eigenvalue weighted by Gasteiger charge is -2.22.